The van der Waals surface area contributed by atoms with Crippen LogP contribution < -0.4 is 10.7 Å². The zero-order chi connectivity index (χ0) is 15.9. The SMILES string of the molecule is Cc1cc(=O)cc(C(=O)NCCC2=CC[C@H]3C[C@@H]2C3(C)C)o1. The van der Waals surface area contributed by atoms with Gasteiger partial charge in [-0.25, -0.2) is 0 Å². The molecule has 1 aromatic heterocycles. The Kier molecular flexibility index (Phi) is 3.71. The maximum Gasteiger partial charge on any atom is 0.287 e. The summed E-state index contributed by atoms with van der Waals surface area (Å²) in [5.74, 6) is 1.72. The van der Waals surface area contributed by atoms with Crippen molar-refractivity contribution in [2.75, 3.05) is 6.54 Å². The molecule has 0 spiro atoms. The van der Waals surface area contributed by atoms with Crippen molar-refractivity contribution in [2.24, 2.45) is 17.3 Å². The molecule has 4 rings (SSSR count). The summed E-state index contributed by atoms with van der Waals surface area (Å²) in [6.45, 7) is 6.94. The molecule has 1 heterocycles. The van der Waals surface area contributed by atoms with Crippen LogP contribution in [0.1, 0.15) is 49.4 Å². The highest BCUT2D eigenvalue weighted by Crippen LogP contribution is 2.59. The predicted molar refractivity (Wildman–Crippen MR) is 84.7 cm³/mol. The van der Waals surface area contributed by atoms with Gasteiger partial charge in [-0.1, -0.05) is 25.5 Å². The van der Waals surface area contributed by atoms with Gasteiger partial charge in [-0.05, 0) is 43.4 Å². The molecule has 0 unspecified atom stereocenters. The number of hydrogen-bond donors (Lipinski definition) is 1. The number of amides is 1. The molecule has 3 aliphatic carbocycles. The van der Waals surface area contributed by atoms with Crippen molar-refractivity contribution in [1.82, 2.24) is 5.32 Å². The second kappa shape index (κ2) is 5.41. The number of fused-ring (bicyclic) bond motifs is 1. The minimum Gasteiger partial charge on any atom is -0.456 e. The van der Waals surface area contributed by atoms with Gasteiger partial charge < -0.3 is 9.73 Å². The van der Waals surface area contributed by atoms with E-state index in [4.69, 9.17) is 4.42 Å². The van der Waals surface area contributed by atoms with Crippen LogP contribution in [0.25, 0.3) is 0 Å². The fourth-order valence-corrected chi connectivity index (χ4v) is 3.88. The fraction of sp³-hybridized carbons (Fsp3) is 0.556. The van der Waals surface area contributed by atoms with Gasteiger partial charge in [0, 0.05) is 18.7 Å². The third-order valence-electron chi connectivity index (χ3n) is 5.40. The lowest BCUT2D eigenvalue weighted by molar-refractivity contribution is -0.00812. The summed E-state index contributed by atoms with van der Waals surface area (Å²) in [7, 11) is 0. The van der Waals surface area contributed by atoms with Crippen LogP contribution in [0.15, 0.2) is 33.0 Å². The fourth-order valence-electron chi connectivity index (χ4n) is 3.88. The minimum atomic E-state index is -0.317. The Morgan fingerprint density at radius 2 is 2.18 bits per heavy atom. The molecule has 2 bridgehead atoms. The quantitative estimate of drug-likeness (QED) is 0.870. The third-order valence-corrected chi connectivity index (χ3v) is 5.40. The summed E-state index contributed by atoms with van der Waals surface area (Å²) in [4.78, 5) is 23.5. The van der Waals surface area contributed by atoms with Crippen molar-refractivity contribution in [1.29, 1.82) is 0 Å². The van der Waals surface area contributed by atoms with Gasteiger partial charge in [0.15, 0.2) is 11.2 Å². The first kappa shape index (κ1) is 15.1. The number of hydrogen-bond acceptors (Lipinski definition) is 3. The molecule has 0 aliphatic heterocycles. The number of aryl methyl sites for hydroxylation is 1. The van der Waals surface area contributed by atoms with Crippen molar-refractivity contribution in [2.45, 2.75) is 40.0 Å². The molecule has 0 saturated heterocycles. The second-order valence-corrected chi connectivity index (χ2v) is 7.10. The van der Waals surface area contributed by atoms with Gasteiger partial charge in [0.05, 0.1) is 0 Å². The molecule has 1 saturated carbocycles. The van der Waals surface area contributed by atoms with Crippen LogP contribution in [0, 0.1) is 24.2 Å². The van der Waals surface area contributed by atoms with Gasteiger partial charge in [0.25, 0.3) is 5.91 Å². The first-order chi connectivity index (χ1) is 10.4. The zero-order valence-corrected chi connectivity index (χ0v) is 13.4. The van der Waals surface area contributed by atoms with Crippen LogP contribution >= 0.6 is 0 Å². The Balaban J connectivity index is 1.56. The molecule has 1 aromatic rings. The van der Waals surface area contributed by atoms with Crippen molar-refractivity contribution in [3.05, 3.63) is 45.5 Å². The molecule has 4 heteroatoms. The monoisotopic (exact) mass is 301 g/mol. The van der Waals surface area contributed by atoms with E-state index in [0.29, 0.717) is 23.6 Å². The van der Waals surface area contributed by atoms with Gasteiger partial charge in [-0.3, -0.25) is 9.59 Å². The summed E-state index contributed by atoms with van der Waals surface area (Å²) in [5, 5.41) is 2.85. The summed E-state index contributed by atoms with van der Waals surface area (Å²) in [6.07, 6.45) is 5.69. The average Bonchev–Trinajstić information content (AvgIpc) is 2.46. The number of rotatable bonds is 4. The first-order valence-corrected chi connectivity index (χ1v) is 7.97. The van der Waals surface area contributed by atoms with Crippen molar-refractivity contribution >= 4 is 5.91 Å². The molecular formula is C18H23NO3. The Morgan fingerprint density at radius 1 is 1.41 bits per heavy atom. The molecule has 118 valence electrons. The van der Waals surface area contributed by atoms with E-state index in [1.54, 1.807) is 6.92 Å². The molecule has 0 aromatic carbocycles. The Bertz CT molecular complexity index is 684. The van der Waals surface area contributed by atoms with Gasteiger partial charge >= 0.3 is 0 Å². The Hall–Kier alpha value is -1.84. The second-order valence-electron chi connectivity index (χ2n) is 7.10. The van der Waals surface area contributed by atoms with E-state index in [0.717, 1.165) is 12.3 Å². The van der Waals surface area contributed by atoms with Gasteiger partial charge in [0.2, 0.25) is 0 Å². The zero-order valence-electron chi connectivity index (χ0n) is 13.4. The van der Waals surface area contributed by atoms with Crippen molar-refractivity contribution in [3.8, 4) is 0 Å². The Morgan fingerprint density at radius 3 is 2.82 bits per heavy atom. The number of nitrogens with one attached hydrogen (secondary N) is 1. The highest BCUT2D eigenvalue weighted by Gasteiger charge is 2.50. The molecule has 1 fully saturated rings. The summed E-state index contributed by atoms with van der Waals surface area (Å²) in [6, 6.07) is 2.61. The normalized spacial score (nSPS) is 25.1. The van der Waals surface area contributed by atoms with Gasteiger partial charge in [-0.15, -0.1) is 0 Å². The average molecular weight is 301 g/mol. The standard InChI is InChI=1S/C18H23NO3/c1-11-8-14(20)10-16(22-11)17(21)19-7-6-12-4-5-13-9-15(12)18(13,2)3/h4,8,10,13,15H,5-7,9H2,1-3H3,(H,19,21)/t13-,15-/m0/s1. The maximum atomic E-state index is 12.0. The summed E-state index contributed by atoms with van der Waals surface area (Å²) < 4.78 is 5.30. The van der Waals surface area contributed by atoms with E-state index in [1.165, 1.54) is 30.5 Å². The predicted octanol–water partition coefficient (Wildman–Crippen LogP) is 3.06. The van der Waals surface area contributed by atoms with Crippen LogP contribution in [0.4, 0.5) is 0 Å². The van der Waals surface area contributed by atoms with Crippen LogP contribution in [0.3, 0.4) is 0 Å². The molecule has 22 heavy (non-hydrogen) atoms. The molecule has 4 nitrogen and oxygen atoms in total. The van der Waals surface area contributed by atoms with Crippen molar-refractivity contribution in [3.63, 3.8) is 0 Å². The summed E-state index contributed by atoms with van der Waals surface area (Å²) >= 11 is 0. The molecule has 0 radical (unpaired) electrons. The summed E-state index contributed by atoms with van der Waals surface area (Å²) in [5.41, 5.74) is 1.68. The van der Waals surface area contributed by atoms with E-state index in [-0.39, 0.29) is 17.1 Å². The maximum absolute atomic E-state index is 12.0. The van der Waals surface area contributed by atoms with Gasteiger partial charge in [0.1, 0.15) is 5.76 Å². The first-order valence-electron chi connectivity index (χ1n) is 7.97. The Labute approximate surface area is 130 Å². The molecular weight excluding hydrogens is 278 g/mol. The number of carbonyl (C=O) groups is 1. The lowest BCUT2D eigenvalue weighted by atomic mass is 9.48. The smallest absolute Gasteiger partial charge is 0.287 e. The van der Waals surface area contributed by atoms with Crippen LogP contribution in [0.5, 0.6) is 0 Å². The third kappa shape index (κ3) is 2.62. The van der Waals surface area contributed by atoms with Crippen LogP contribution in [-0.2, 0) is 0 Å². The largest absolute Gasteiger partial charge is 0.456 e. The van der Waals surface area contributed by atoms with Gasteiger partial charge in [-0.2, -0.15) is 0 Å². The topological polar surface area (TPSA) is 59.3 Å². The van der Waals surface area contributed by atoms with Crippen LogP contribution in [0.2, 0.25) is 0 Å². The van der Waals surface area contributed by atoms with Crippen LogP contribution in [-0.4, -0.2) is 12.5 Å². The lowest BCUT2D eigenvalue weighted by Crippen LogP contribution is -2.48. The lowest BCUT2D eigenvalue weighted by Gasteiger charge is -2.56. The van der Waals surface area contributed by atoms with E-state index >= 15 is 0 Å². The molecule has 3 aliphatic rings. The van der Waals surface area contributed by atoms with E-state index in [2.05, 4.69) is 25.2 Å². The number of allylic oxidation sites excluding steroid dienone is 1. The highest BCUT2D eigenvalue weighted by molar-refractivity contribution is 5.91. The molecule has 2 atom stereocenters. The molecule has 1 amide bonds. The van der Waals surface area contributed by atoms with E-state index < -0.39 is 0 Å². The van der Waals surface area contributed by atoms with Crippen molar-refractivity contribution < 1.29 is 9.21 Å². The highest BCUT2D eigenvalue weighted by atomic mass is 16.3. The van der Waals surface area contributed by atoms with E-state index in [1.807, 2.05) is 0 Å². The minimum absolute atomic E-state index is 0.0895. The molecule has 1 N–H and O–H groups in total. The number of carbonyl (C=O) groups excluding carboxylic acids is 1. The van der Waals surface area contributed by atoms with E-state index in [9.17, 15) is 9.59 Å².